The van der Waals surface area contributed by atoms with Crippen molar-refractivity contribution in [3.05, 3.63) is 184 Å². The molecule has 0 aliphatic carbocycles. The Kier molecular flexibility index (Phi) is 28.8. The van der Waals surface area contributed by atoms with Gasteiger partial charge in [0.1, 0.15) is 64.2 Å². The number of ether oxygens (including phenoxy) is 2. The zero-order chi connectivity index (χ0) is 76.5. The van der Waals surface area contributed by atoms with Crippen LogP contribution in [0, 0.1) is 75.7 Å². The molecule has 6 atom stereocenters. The molecule has 4 N–H and O–H groups in total. The summed E-state index contributed by atoms with van der Waals surface area (Å²) in [5.41, 5.74) is 7.36. The van der Waals surface area contributed by atoms with Crippen LogP contribution < -0.4 is 16.4 Å². The van der Waals surface area contributed by atoms with Crippen LogP contribution >= 0.6 is 11.6 Å². The molecule has 5 amide bonds. The molecule has 0 unspecified atom stereocenters. The zero-order valence-electron chi connectivity index (χ0n) is 59.1. The normalized spacial score (nSPS) is 19.0. The molecule has 30 nitrogen and oxygen atoms in total. The lowest BCUT2D eigenvalue weighted by Gasteiger charge is -2.27. The first kappa shape index (κ1) is 80.0. The van der Waals surface area contributed by atoms with Gasteiger partial charge in [-0.1, -0.05) is 11.6 Å². The van der Waals surface area contributed by atoms with Crippen LogP contribution in [0.2, 0.25) is 5.15 Å². The average molecular weight is 1480 g/mol. The molecule has 5 aromatic heterocycles. The van der Waals surface area contributed by atoms with E-state index >= 15 is 0 Å². The Bertz CT molecular complexity index is 4360. The highest BCUT2D eigenvalue weighted by Gasteiger charge is 2.37. The fraction of sp³-hybridized carbons (Fsp3) is 0.423. The third-order valence-electron chi connectivity index (χ3n) is 16.2. The summed E-state index contributed by atoms with van der Waals surface area (Å²) in [6, 6.07) is 17.3. The van der Waals surface area contributed by atoms with E-state index in [9.17, 15) is 36.7 Å². The number of rotatable bonds is 8. The minimum atomic E-state index is -0.687. The number of amides is 5. The number of urea groups is 1. The van der Waals surface area contributed by atoms with Crippen molar-refractivity contribution < 1.29 is 46.2 Å². The Balaban J connectivity index is 0.000000166. The van der Waals surface area contributed by atoms with Gasteiger partial charge in [-0.3, -0.25) is 4.57 Å². The molecule has 6 aliphatic rings. The molecule has 4 fully saturated rings. The number of aromatic nitrogens is 10. The lowest BCUT2D eigenvalue weighted by atomic mass is 10.0. The lowest BCUT2D eigenvalue weighted by molar-refractivity contribution is 0.0279. The number of benzene rings is 2. The largest absolute Gasteiger partial charge is 0.444 e. The van der Waals surface area contributed by atoms with Crippen molar-refractivity contribution in [3.63, 3.8) is 0 Å². The smallest absolute Gasteiger partial charge is 0.410 e. The molecule has 35 heteroatoms. The van der Waals surface area contributed by atoms with E-state index < -0.39 is 52.6 Å². The maximum atomic E-state index is 13.6. The molecule has 0 spiro atoms. The summed E-state index contributed by atoms with van der Waals surface area (Å²) >= 11 is 5.42. The van der Waals surface area contributed by atoms with Gasteiger partial charge >= 0.3 is 30.2 Å². The van der Waals surface area contributed by atoms with Gasteiger partial charge < -0.3 is 45.4 Å². The van der Waals surface area contributed by atoms with E-state index in [-0.39, 0.29) is 53.7 Å². The summed E-state index contributed by atoms with van der Waals surface area (Å²) in [7, 11) is 0. The summed E-state index contributed by atoms with van der Waals surface area (Å²) < 4.78 is 65.6. The Morgan fingerprint density at radius 1 is 0.632 bits per heavy atom. The summed E-state index contributed by atoms with van der Waals surface area (Å²) in [6.45, 7) is 24.0. The summed E-state index contributed by atoms with van der Waals surface area (Å²) in [5.74, 6) is -0.582. The Labute approximate surface area is 614 Å². The highest BCUT2D eigenvalue weighted by atomic mass is 35.5. The summed E-state index contributed by atoms with van der Waals surface area (Å²) in [4.78, 5) is 91.8. The second kappa shape index (κ2) is 38.2. The number of nitrogens with one attached hydrogen (secondary N) is 2. The zero-order valence-corrected chi connectivity index (χ0v) is 59.8. The lowest BCUT2D eigenvalue weighted by Crippen LogP contribution is -2.40. The van der Waals surface area contributed by atoms with Gasteiger partial charge in [0.25, 0.3) is 0 Å². The Hall–Kier alpha value is -11.7. The van der Waals surface area contributed by atoms with Crippen molar-refractivity contribution in [2.24, 2.45) is 27.8 Å². The summed E-state index contributed by atoms with van der Waals surface area (Å²) in [5, 5.41) is 43.0. The van der Waals surface area contributed by atoms with Crippen LogP contribution in [0.4, 0.5) is 48.5 Å². The predicted molar refractivity (Wildman–Crippen MR) is 378 cm³/mol. The minimum absolute atomic E-state index is 0.0379. The molecule has 6 aliphatic heterocycles. The molecule has 7 aromatic rings. The monoisotopic (exact) mass is 1470 g/mol. The van der Waals surface area contributed by atoms with Gasteiger partial charge in [-0.2, -0.15) is 31.0 Å². The molecule has 4 saturated heterocycles. The standard InChI is InChI=1S/C19H17F2N7O.C15H20N4O2.C13H10F2N4O.C10H12N4.C9H18N2O2.C5H2ClN3/c1-22-18-23-5-3-17(26-18)25-15-4-7-27(11-15)19(29)28-16(2-6-24-28)12-8-13(20)10-14(21)9-12;1-15(2,3)21-14(20)19-7-5-11(10-19)8-12-4-6-17-13(9-16)18-12;14-10-5-9(6-11(15)7-10)12-1-2-17-19(12)13(20)18-4-3-16-8-18;11-6-10-13-4-2-9(14-10)5-8-1-3-12-7-8;1-9(2,3)13-8(12)11-5-4-7(10)6-11;6-4-1-2-8-5(3-7)9-4/h3,5-6,8-10,15-16H,2,4,7,11H2,(H,23,25,26);4,6,11H,5,7-8,10H2,1-3H3;2-8,12H,1H2;2,4,8,12H,1,3,5,7H2;7H,4-6,10H2,1-3H3;1-2H/t15-,16+;11-;12-;8-;7-;/m10001./s1. The van der Waals surface area contributed by atoms with Crippen LogP contribution in [-0.4, -0.2) is 186 Å². The first-order valence-electron chi connectivity index (χ1n) is 33.7. The molecular formula is C71H79ClF4N24O6. The van der Waals surface area contributed by atoms with Gasteiger partial charge in [0.2, 0.25) is 17.5 Å². The van der Waals surface area contributed by atoms with Crippen LogP contribution in [-0.2, 0) is 22.3 Å². The number of halogens is 5. The number of hydrazone groups is 2. The maximum absolute atomic E-state index is 13.6. The van der Waals surface area contributed by atoms with Crippen LogP contribution in [0.25, 0.3) is 4.85 Å². The van der Waals surface area contributed by atoms with Gasteiger partial charge in [-0.15, -0.1) is 11.6 Å². The molecule has 2 aromatic carbocycles. The van der Waals surface area contributed by atoms with Crippen molar-refractivity contribution >= 4 is 60.0 Å². The number of anilines is 1. The fourth-order valence-corrected chi connectivity index (χ4v) is 11.6. The average Bonchev–Trinajstić information content (AvgIpc) is 1.65. The van der Waals surface area contributed by atoms with Gasteiger partial charge in [-0.05, 0) is 159 Å². The van der Waals surface area contributed by atoms with E-state index in [0.29, 0.717) is 85.9 Å². The number of nitriles is 3. The number of likely N-dealkylation sites (tertiary alicyclic amines) is 3. The first-order valence-corrected chi connectivity index (χ1v) is 34.1. The van der Waals surface area contributed by atoms with E-state index in [2.05, 4.69) is 70.5 Å². The number of carbonyl (C=O) groups excluding carboxylic acids is 4. The molecule has 0 bridgehead atoms. The van der Waals surface area contributed by atoms with Gasteiger partial charge in [0, 0.05) is 137 Å². The van der Waals surface area contributed by atoms with Crippen LogP contribution in [0.5, 0.6) is 0 Å². The molecule has 554 valence electrons. The molecular weight excluding hydrogens is 1400 g/mol. The number of carbonyl (C=O) groups is 4. The van der Waals surface area contributed by atoms with Crippen molar-refractivity contribution in [2.75, 3.05) is 57.7 Å². The second-order valence-corrected chi connectivity index (χ2v) is 27.2. The number of imidazole rings is 1. The molecule has 13 rings (SSSR count). The Morgan fingerprint density at radius 2 is 1.14 bits per heavy atom. The van der Waals surface area contributed by atoms with E-state index in [1.807, 2.05) is 65.8 Å². The topological polar surface area (TPSA) is 374 Å². The second-order valence-electron chi connectivity index (χ2n) is 26.8. The van der Waals surface area contributed by atoms with E-state index in [1.54, 1.807) is 51.7 Å². The number of nitrogens with two attached hydrogens (primary N) is 1. The predicted octanol–water partition coefficient (Wildman–Crippen LogP) is 10.5. The first-order chi connectivity index (χ1) is 50.6. The van der Waals surface area contributed by atoms with Crippen molar-refractivity contribution in [3.8, 4) is 18.2 Å². The van der Waals surface area contributed by atoms with Crippen LogP contribution in [0.3, 0.4) is 0 Å². The quantitative estimate of drug-likeness (QED) is 0.0723. The van der Waals surface area contributed by atoms with Crippen molar-refractivity contribution in [1.29, 1.82) is 15.8 Å². The number of hydrogen-bond acceptors (Lipinski definition) is 23. The van der Waals surface area contributed by atoms with E-state index in [4.69, 9.17) is 49.2 Å². The van der Waals surface area contributed by atoms with Gasteiger partial charge in [0.15, 0.2) is 5.82 Å². The highest BCUT2D eigenvalue weighted by molar-refractivity contribution is 6.29. The molecule has 0 radical (unpaired) electrons. The minimum Gasteiger partial charge on any atom is -0.444 e. The Morgan fingerprint density at radius 3 is 1.62 bits per heavy atom. The molecule has 106 heavy (non-hydrogen) atoms. The van der Waals surface area contributed by atoms with Gasteiger partial charge in [-0.25, -0.2) is 81.6 Å². The molecule has 0 saturated carbocycles. The molecule has 11 heterocycles. The fourth-order valence-electron chi connectivity index (χ4n) is 11.4. The third-order valence-corrected chi connectivity index (χ3v) is 16.4. The SMILES string of the molecule is CC(C)(C)OC(=O)N1CC[C@@H](Cc2ccnc(C#N)n2)C1.CC(C)(C)OC(=O)N1CC[C@@H](N)C1.N#Cc1nccc(C[C@@H]2CCNC2)n1.N#Cc1nccc(Cl)n1.O=C(N1N=CC[C@H]1c1cc(F)cc(F)c1)n1ccnc1.[C-]#[N+]c1nccc(N[C@@H]2CCN(C(=O)N3N=CC[C@H]3c3cc(F)cc(F)c3)C2)n1. The van der Waals surface area contributed by atoms with Crippen molar-refractivity contribution in [1.82, 2.24) is 79.5 Å². The third kappa shape index (κ3) is 25.0. The van der Waals surface area contributed by atoms with Crippen LogP contribution in [0.15, 0.2) is 114 Å². The van der Waals surface area contributed by atoms with Crippen LogP contribution in [0.1, 0.15) is 132 Å². The number of hydrogen-bond donors (Lipinski definition) is 3. The maximum Gasteiger partial charge on any atom is 0.410 e. The summed E-state index contributed by atoms with van der Waals surface area (Å²) in [6.07, 6.45) is 19.3. The van der Waals surface area contributed by atoms with E-state index in [1.165, 1.54) is 82.5 Å². The van der Waals surface area contributed by atoms with Crippen molar-refractivity contribution in [2.45, 2.75) is 128 Å². The number of nitrogens with zero attached hydrogens (tertiary/aromatic N) is 21. The van der Waals surface area contributed by atoms with Gasteiger partial charge in [0.05, 0.1) is 18.3 Å². The van der Waals surface area contributed by atoms with E-state index in [0.717, 1.165) is 68.8 Å². The highest BCUT2D eigenvalue weighted by Crippen LogP contribution is 2.33.